The molecule has 0 aliphatic heterocycles. The maximum atomic E-state index is 5.73. The molecule has 1 fully saturated rings. The molecule has 0 aromatic rings. The normalized spacial score (nSPS) is 25.1. The van der Waals surface area contributed by atoms with Crippen LogP contribution in [0.4, 0.5) is 0 Å². The predicted molar refractivity (Wildman–Crippen MR) is 35.5 cm³/mol. The van der Waals surface area contributed by atoms with Crippen molar-refractivity contribution in [3.63, 3.8) is 0 Å². The summed E-state index contributed by atoms with van der Waals surface area (Å²) in [5, 5.41) is 0. The summed E-state index contributed by atoms with van der Waals surface area (Å²) in [6, 6.07) is 0. The van der Waals surface area contributed by atoms with E-state index >= 15 is 0 Å². The van der Waals surface area contributed by atoms with Gasteiger partial charge in [-0.1, -0.05) is 38.5 Å². The van der Waals surface area contributed by atoms with E-state index in [0.717, 1.165) is 0 Å². The Labute approximate surface area is 52.3 Å². The molecule has 1 saturated carbocycles. The van der Waals surface area contributed by atoms with Gasteiger partial charge in [0.1, 0.15) is 0 Å². The third-order valence-electron chi connectivity index (χ3n) is 1.90. The molecular formula is C8H14. The predicted octanol–water partition coefficient (Wildman–Crippen LogP) is 2.67. The average molecular weight is 110 g/mol. The molecule has 1 aliphatic rings. The van der Waals surface area contributed by atoms with Crippen LogP contribution in [0.5, 0.6) is 0 Å². The fourth-order valence-corrected chi connectivity index (χ4v) is 1.31. The number of rotatable bonds is 0. The van der Waals surface area contributed by atoms with E-state index in [1.54, 1.807) is 0 Å². The standard InChI is InChI=1S/C8H14/c1-8-6-4-2-3-5-7-8/h1,8H,2-7H2. The van der Waals surface area contributed by atoms with E-state index < -0.39 is 0 Å². The van der Waals surface area contributed by atoms with Crippen molar-refractivity contribution in [3.05, 3.63) is 6.92 Å². The van der Waals surface area contributed by atoms with Gasteiger partial charge in [-0.05, 0) is 12.8 Å². The molecule has 0 heterocycles. The van der Waals surface area contributed by atoms with Gasteiger partial charge < -0.3 is 0 Å². The van der Waals surface area contributed by atoms with E-state index in [9.17, 15) is 0 Å². The van der Waals surface area contributed by atoms with Crippen LogP contribution in [0.2, 0.25) is 0 Å². The lowest BCUT2D eigenvalue weighted by molar-refractivity contribution is 0.555. The Kier molecular flexibility index (Phi) is 2.38. The Hall–Kier alpha value is 0. The molecule has 0 aromatic heterocycles. The molecular weight excluding hydrogens is 96.1 g/mol. The topological polar surface area (TPSA) is 0 Å². The van der Waals surface area contributed by atoms with E-state index in [1.165, 1.54) is 38.5 Å². The summed E-state index contributed by atoms with van der Waals surface area (Å²) < 4.78 is 0. The van der Waals surface area contributed by atoms with Crippen LogP contribution in [0.3, 0.4) is 0 Å². The van der Waals surface area contributed by atoms with Gasteiger partial charge in [0.25, 0.3) is 0 Å². The summed E-state index contributed by atoms with van der Waals surface area (Å²) in [5.74, 6) is 0.525. The molecule has 0 spiro atoms. The van der Waals surface area contributed by atoms with Crippen LogP contribution in [-0.4, -0.2) is 0 Å². The lowest BCUT2D eigenvalue weighted by Gasteiger charge is -2.02. The van der Waals surface area contributed by atoms with Crippen LogP contribution in [0.15, 0.2) is 0 Å². The van der Waals surface area contributed by atoms with Gasteiger partial charge in [-0.15, -0.1) is 0 Å². The van der Waals surface area contributed by atoms with Crippen LogP contribution in [0.1, 0.15) is 38.5 Å². The maximum Gasteiger partial charge on any atom is -0.0318 e. The largest absolute Gasteiger partial charge is 0.0533 e. The summed E-state index contributed by atoms with van der Waals surface area (Å²) >= 11 is 0. The maximum absolute atomic E-state index is 5.73. The zero-order valence-electron chi connectivity index (χ0n) is 5.40. The number of hydrogen-bond donors (Lipinski definition) is 0. The van der Waals surface area contributed by atoms with Crippen molar-refractivity contribution in [2.75, 3.05) is 0 Å². The third kappa shape index (κ3) is 1.85. The first kappa shape index (κ1) is 6.12. The van der Waals surface area contributed by atoms with Crippen molar-refractivity contribution in [3.8, 4) is 0 Å². The minimum atomic E-state index is 0.525. The lowest BCUT2D eigenvalue weighted by atomic mass is 10.0. The molecule has 1 rings (SSSR count). The first-order valence-corrected chi connectivity index (χ1v) is 3.65. The first-order chi connectivity index (χ1) is 3.89. The summed E-state index contributed by atoms with van der Waals surface area (Å²) in [6.45, 7) is 5.73. The Bertz CT molecular complexity index is 49.1. The van der Waals surface area contributed by atoms with E-state index in [4.69, 9.17) is 6.92 Å². The molecule has 0 N–H and O–H groups in total. The van der Waals surface area contributed by atoms with Crippen LogP contribution < -0.4 is 0 Å². The Morgan fingerprint density at radius 1 is 0.875 bits per heavy atom. The smallest absolute Gasteiger partial charge is 0.0318 e. The zero-order valence-corrected chi connectivity index (χ0v) is 5.40. The summed E-state index contributed by atoms with van der Waals surface area (Å²) in [4.78, 5) is 0. The molecule has 2 radical (unpaired) electrons. The molecule has 0 amide bonds. The minimum absolute atomic E-state index is 0.525. The molecule has 0 atom stereocenters. The molecule has 0 saturated heterocycles. The molecule has 8 heavy (non-hydrogen) atoms. The summed E-state index contributed by atoms with van der Waals surface area (Å²) in [7, 11) is 0. The van der Waals surface area contributed by atoms with Crippen LogP contribution in [0.25, 0.3) is 0 Å². The highest BCUT2D eigenvalue weighted by molar-refractivity contribution is 4.64. The highest BCUT2D eigenvalue weighted by atomic mass is 14.1. The van der Waals surface area contributed by atoms with E-state index in [1.807, 2.05) is 0 Å². The highest BCUT2D eigenvalue weighted by Crippen LogP contribution is 2.21. The van der Waals surface area contributed by atoms with Gasteiger partial charge in [-0.2, -0.15) is 0 Å². The fraction of sp³-hybridized carbons (Fsp3) is 0.875. The second-order valence-corrected chi connectivity index (χ2v) is 2.75. The Balaban J connectivity index is 2.17. The van der Waals surface area contributed by atoms with Crippen molar-refractivity contribution < 1.29 is 0 Å². The lowest BCUT2D eigenvalue weighted by Crippen LogP contribution is -1.89. The number of hydrogen-bond acceptors (Lipinski definition) is 0. The monoisotopic (exact) mass is 110 g/mol. The van der Waals surface area contributed by atoms with E-state index in [2.05, 4.69) is 0 Å². The van der Waals surface area contributed by atoms with Crippen LogP contribution >= 0.6 is 0 Å². The zero-order chi connectivity index (χ0) is 5.82. The molecule has 46 valence electrons. The third-order valence-corrected chi connectivity index (χ3v) is 1.90. The molecule has 1 aliphatic carbocycles. The van der Waals surface area contributed by atoms with Crippen molar-refractivity contribution >= 4 is 0 Å². The average Bonchev–Trinajstić information content (AvgIpc) is 1.94. The van der Waals surface area contributed by atoms with Crippen LogP contribution in [0, 0.1) is 12.8 Å². The van der Waals surface area contributed by atoms with Gasteiger partial charge >= 0.3 is 0 Å². The first-order valence-electron chi connectivity index (χ1n) is 3.65. The quantitative estimate of drug-likeness (QED) is 0.420. The van der Waals surface area contributed by atoms with Crippen molar-refractivity contribution in [1.82, 2.24) is 0 Å². The SMILES string of the molecule is [CH]C1CCCCCC1. The summed E-state index contributed by atoms with van der Waals surface area (Å²) in [6.07, 6.45) is 8.07. The van der Waals surface area contributed by atoms with Gasteiger partial charge in [-0.3, -0.25) is 0 Å². The molecule has 0 heteroatoms. The van der Waals surface area contributed by atoms with Crippen molar-refractivity contribution in [2.24, 2.45) is 5.92 Å². The van der Waals surface area contributed by atoms with E-state index in [0.29, 0.717) is 5.92 Å². The van der Waals surface area contributed by atoms with Gasteiger partial charge in [-0.25, -0.2) is 0 Å². The van der Waals surface area contributed by atoms with E-state index in [-0.39, 0.29) is 0 Å². The second-order valence-electron chi connectivity index (χ2n) is 2.75. The molecule has 0 aromatic carbocycles. The highest BCUT2D eigenvalue weighted by Gasteiger charge is 2.05. The van der Waals surface area contributed by atoms with Gasteiger partial charge in [0.2, 0.25) is 0 Å². The van der Waals surface area contributed by atoms with Gasteiger partial charge in [0, 0.05) is 0 Å². The fourth-order valence-electron chi connectivity index (χ4n) is 1.31. The minimum Gasteiger partial charge on any atom is -0.0533 e. The van der Waals surface area contributed by atoms with Crippen LogP contribution in [-0.2, 0) is 0 Å². The second kappa shape index (κ2) is 3.11. The molecule has 0 nitrogen and oxygen atoms in total. The van der Waals surface area contributed by atoms with Gasteiger partial charge in [0.05, 0.1) is 0 Å². The molecule has 0 unspecified atom stereocenters. The Morgan fingerprint density at radius 2 is 1.38 bits per heavy atom. The van der Waals surface area contributed by atoms with Crippen molar-refractivity contribution in [1.29, 1.82) is 0 Å². The molecule has 0 bridgehead atoms. The van der Waals surface area contributed by atoms with Gasteiger partial charge in [0.15, 0.2) is 0 Å². The summed E-state index contributed by atoms with van der Waals surface area (Å²) in [5.41, 5.74) is 0. The Morgan fingerprint density at radius 3 is 1.88 bits per heavy atom. The van der Waals surface area contributed by atoms with Crippen molar-refractivity contribution in [2.45, 2.75) is 38.5 Å².